The van der Waals surface area contributed by atoms with Gasteiger partial charge in [0.25, 0.3) is 5.91 Å². The van der Waals surface area contributed by atoms with Gasteiger partial charge < -0.3 is 16.3 Å². The van der Waals surface area contributed by atoms with E-state index < -0.39 is 0 Å². The predicted molar refractivity (Wildman–Crippen MR) is 85.8 cm³/mol. The molecule has 0 aliphatic rings. The van der Waals surface area contributed by atoms with E-state index in [0.29, 0.717) is 21.3 Å². The zero-order valence-electron chi connectivity index (χ0n) is 11.3. The molecule has 2 aromatic rings. The summed E-state index contributed by atoms with van der Waals surface area (Å²) < 4.78 is 0.701. The fourth-order valence-corrected chi connectivity index (χ4v) is 2.30. The molecule has 0 bridgehead atoms. The number of carbonyl (C=O) groups is 1. The highest BCUT2D eigenvalue weighted by Gasteiger charge is 2.13. The summed E-state index contributed by atoms with van der Waals surface area (Å²) in [5.74, 6) is -0.335. The summed E-state index contributed by atoms with van der Waals surface area (Å²) in [4.78, 5) is 12.4. The van der Waals surface area contributed by atoms with Crippen molar-refractivity contribution < 1.29 is 10.0 Å². The van der Waals surface area contributed by atoms with Crippen molar-refractivity contribution in [1.82, 2.24) is 0 Å². The molecular weight excluding hydrogens is 334 g/mol. The Morgan fingerprint density at radius 1 is 1.24 bits per heavy atom. The van der Waals surface area contributed by atoms with E-state index >= 15 is 0 Å². The Balaban J connectivity index is 2.34. The molecule has 108 valence electrons. The second-order valence-electron chi connectivity index (χ2n) is 4.47. The van der Waals surface area contributed by atoms with Gasteiger partial charge in [-0.15, -0.1) is 0 Å². The fourth-order valence-electron chi connectivity index (χ4n) is 1.87. The van der Waals surface area contributed by atoms with Crippen molar-refractivity contribution in [2.75, 3.05) is 5.32 Å². The topological polar surface area (TPSA) is 87.7 Å². The third-order valence-electron chi connectivity index (χ3n) is 2.93. The molecule has 0 aliphatic carbocycles. The SMILES string of the molecule is Cc1ccc(Br)c(C(=O)Nc2ccccc2/C(N)=N/O)c1. The first-order valence-corrected chi connectivity index (χ1v) is 6.96. The van der Waals surface area contributed by atoms with Crippen LogP contribution in [0.2, 0.25) is 0 Å². The van der Waals surface area contributed by atoms with Crippen molar-refractivity contribution in [3.8, 4) is 0 Å². The lowest BCUT2D eigenvalue weighted by molar-refractivity contribution is 0.102. The van der Waals surface area contributed by atoms with Gasteiger partial charge in [0.15, 0.2) is 5.84 Å². The molecule has 0 radical (unpaired) electrons. The van der Waals surface area contributed by atoms with E-state index in [2.05, 4.69) is 26.4 Å². The smallest absolute Gasteiger partial charge is 0.256 e. The average Bonchev–Trinajstić information content (AvgIpc) is 2.49. The first kappa shape index (κ1) is 15.1. The molecule has 0 spiro atoms. The third-order valence-corrected chi connectivity index (χ3v) is 3.62. The number of nitrogens with two attached hydrogens (primary N) is 1. The van der Waals surface area contributed by atoms with E-state index in [-0.39, 0.29) is 11.7 Å². The lowest BCUT2D eigenvalue weighted by Crippen LogP contribution is -2.19. The molecule has 0 unspecified atom stereocenters. The molecule has 0 saturated carbocycles. The van der Waals surface area contributed by atoms with Crippen LogP contribution in [-0.4, -0.2) is 17.0 Å². The average molecular weight is 348 g/mol. The van der Waals surface area contributed by atoms with Gasteiger partial charge >= 0.3 is 0 Å². The number of hydrogen-bond acceptors (Lipinski definition) is 3. The maximum atomic E-state index is 12.4. The number of nitrogens with one attached hydrogen (secondary N) is 1. The maximum absolute atomic E-state index is 12.4. The zero-order chi connectivity index (χ0) is 15.4. The molecule has 0 heterocycles. The number of benzene rings is 2. The Morgan fingerprint density at radius 3 is 2.67 bits per heavy atom. The largest absolute Gasteiger partial charge is 0.409 e. The van der Waals surface area contributed by atoms with E-state index in [1.165, 1.54) is 0 Å². The van der Waals surface area contributed by atoms with E-state index in [9.17, 15) is 4.79 Å². The fraction of sp³-hybridized carbons (Fsp3) is 0.0667. The summed E-state index contributed by atoms with van der Waals surface area (Å²) in [6.07, 6.45) is 0. The molecule has 0 atom stereocenters. The van der Waals surface area contributed by atoms with Gasteiger partial charge in [0, 0.05) is 10.0 Å². The first-order valence-electron chi connectivity index (χ1n) is 6.17. The quantitative estimate of drug-likeness (QED) is 0.345. The Morgan fingerprint density at radius 2 is 1.95 bits per heavy atom. The number of hydrogen-bond donors (Lipinski definition) is 3. The summed E-state index contributed by atoms with van der Waals surface area (Å²) in [6.45, 7) is 1.91. The summed E-state index contributed by atoms with van der Waals surface area (Å²) >= 11 is 3.36. The normalized spacial score (nSPS) is 11.2. The van der Waals surface area contributed by atoms with Crippen LogP contribution in [0.1, 0.15) is 21.5 Å². The molecule has 5 nitrogen and oxygen atoms in total. The van der Waals surface area contributed by atoms with Crippen LogP contribution in [0.4, 0.5) is 5.69 Å². The number of aryl methyl sites for hydroxylation is 1. The van der Waals surface area contributed by atoms with Crippen LogP contribution in [0, 0.1) is 6.92 Å². The monoisotopic (exact) mass is 347 g/mol. The number of amides is 1. The molecule has 0 aromatic heterocycles. The first-order chi connectivity index (χ1) is 10.0. The van der Waals surface area contributed by atoms with E-state index in [1.807, 2.05) is 19.1 Å². The lowest BCUT2D eigenvalue weighted by atomic mass is 10.1. The summed E-state index contributed by atoms with van der Waals surface area (Å²) in [5.41, 5.74) is 8.03. The molecule has 6 heteroatoms. The Bertz CT molecular complexity index is 714. The van der Waals surface area contributed by atoms with Gasteiger partial charge in [-0.25, -0.2) is 0 Å². The maximum Gasteiger partial charge on any atom is 0.256 e. The number of oxime groups is 1. The molecule has 4 N–H and O–H groups in total. The highest BCUT2D eigenvalue weighted by Crippen LogP contribution is 2.21. The second kappa shape index (κ2) is 6.41. The lowest BCUT2D eigenvalue weighted by Gasteiger charge is -2.11. The number of nitrogens with zero attached hydrogens (tertiary/aromatic N) is 1. The molecule has 21 heavy (non-hydrogen) atoms. The van der Waals surface area contributed by atoms with Crippen LogP contribution in [0.3, 0.4) is 0 Å². The van der Waals surface area contributed by atoms with Crippen molar-refractivity contribution in [2.24, 2.45) is 10.9 Å². The summed E-state index contributed by atoms with van der Waals surface area (Å²) in [6, 6.07) is 12.4. The molecule has 0 aliphatic heterocycles. The van der Waals surface area contributed by atoms with Crippen LogP contribution in [0.25, 0.3) is 0 Å². The number of rotatable bonds is 3. The highest BCUT2D eigenvalue weighted by molar-refractivity contribution is 9.10. The van der Waals surface area contributed by atoms with Gasteiger partial charge in [0.2, 0.25) is 0 Å². The Labute approximate surface area is 130 Å². The van der Waals surface area contributed by atoms with E-state index in [4.69, 9.17) is 10.9 Å². The van der Waals surface area contributed by atoms with Crippen molar-refractivity contribution in [3.05, 3.63) is 63.6 Å². The zero-order valence-corrected chi connectivity index (χ0v) is 12.9. The second-order valence-corrected chi connectivity index (χ2v) is 5.32. The van der Waals surface area contributed by atoms with Crippen LogP contribution in [-0.2, 0) is 0 Å². The predicted octanol–water partition coefficient (Wildman–Crippen LogP) is 3.10. The van der Waals surface area contributed by atoms with Crippen LogP contribution >= 0.6 is 15.9 Å². The van der Waals surface area contributed by atoms with Gasteiger partial charge in [-0.3, -0.25) is 4.79 Å². The highest BCUT2D eigenvalue weighted by atomic mass is 79.9. The molecule has 0 fully saturated rings. The number of halogens is 1. The minimum atomic E-state index is -0.274. The van der Waals surface area contributed by atoms with Gasteiger partial charge in [-0.1, -0.05) is 28.9 Å². The third kappa shape index (κ3) is 3.41. The molecule has 2 aromatic carbocycles. The standard InChI is InChI=1S/C15H14BrN3O2/c1-9-6-7-12(16)11(8-9)15(20)18-13-5-3-2-4-10(13)14(17)19-21/h2-8,21H,1H3,(H2,17,19)(H,18,20). The Hall–Kier alpha value is -2.34. The van der Waals surface area contributed by atoms with Gasteiger partial charge in [-0.2, -0.15) is 0 Å². The number of anilines is 1. The van der Waals surface area contributed by atoms with Crippen molar-refractivity contribution in [3.63, 3.8) is 0 Å². The van der Waals surface area contributed by atoms with Crippen LogP contribution < -0.4 is 11.1 Å². The van der Waals surface area contributed by atoms with Gasteiger partial charge in [0.05, 0.1) is 11.3 Å². The Kier molecular flexibility index (Phi) is 4.59. The molecule has 1 amide bonds. The van der Waals surface area contributed by atoms with Gasteiger partial charge in [-0.05, 0) is 47.1 Å². The summed E-state index contributed by atoms with van der Waals surface area (Å²) in [5, 5.41) is 14.5. The number of carbonyl (C=O) groups excluding carboxylic acids is 1. The summed E-state index contributed by atoms with van der Waals surface area (Å²) in [7, 11) is 0. The van der Waals surface area contributed by atoms with E-state index in [1.54, 1.807) is 30.3 Å². The number of amidine groups is 1. The minimum Gasteiger partial charge on any atom is -0.409 e. The number of para-hydroxylation sites is 1. The molecule has 2 rings (SSSR count). The van der Waals surface area contributed by atoms with Crippen molar-refractivity contribution in [1.29, 1.82) is 0 Å². The van der Waals surface area contributed by atoms with E-state index in [0.717, 1.165) is 5.56 Å². The van der Waals surface area contributed by atoms with Crippen molar-refractivity contribution in [2.45, 2.75) is 6.92 Å². The van der Waals surface area contributed by atoms with Crippen LogP contribution in [0.15, 0.2) is 52.1 Å². The molecular formula is C15H14BrN3O2. The van der Waals surface area contributed by atoms with Crippen molar-refractivity contribution >= 4 is 33.4 Å². The minimum absolute atomic E-state index is 0.0609. The van der Waals surface area contributed by atoms with Gasteiger partial charge in [0.1, 0.15) is 0 Å². The van der Waals surface area contributed by atoms with Crippen LogP contribution in [0.5, 0.6) is 0 Å². The molecule has 0 saturated heterocycles.